The maximum atomic E-state index is 10.8. The van der Waals surface area contributed by atoms with Crippen LogP contribution in [0.15, 0.2) is 6.20 Å². The fourth-order valence-corrected chi connectivity index (χ4v) is 1.59. The number of nitriles is 1. The van der Waals surface area contributed by atoms with Crippen molar-refractivity contribution in [3.05, 3.63) is 17.7 Å². The monoisotopic (exact) mass is 205 g/mol. The topological polar surface area (TPSA) is 98.8 Å². The number of rotatable bonds is 3. The van der Waals surface area contributed by atoms with Gasteiger partial charge >= 0.3 is 0 Å². The normalized spacial score (nSPS) is 17.0. The molecule has 6 nitrogen and oxygen atoms in total. The number of amides is 1. The summed E-state index contributed by atoms with van der Waals surface area (Å²) in [6, 6.07) is 2.20. The number of imidazole rings is 1. The molecule has 1 fully saturated rings. The quantitative estimate of drug-likeness (QED) is 0.692. The van der Waals surface area contributed by atoms with E-state index in [0.29, 0.717) is 6.54 Å². The number of likely N-dealkylation sites (tertiary alicyclic amines) is 1. The number of primary amides is 1. The highest BCUT2D eigenvalue weighted by atomic mass is 16.1. The summed E-state index contributed by atoms with van der Waals surface area (Å²) in [5, 5.41) is 8.59. The number of nitrogens with one attached hydrogen (secondary N) is 1. The molecule has 0 unspecified atom stereocenters. The number of aromatic amines is 1. The SMILES string of the molecule is N#CC1CN(Cc2cnc(C(N)=O)[nH]2)C1. The van der Waals surface area contributed by atoms with Gasteiger partial charge in [-0.3, -0.25) is 9.69 Å². The molecule has 2 rings (SSSR count). The number of hydrogen-bond donors (Lipinski definition) is 2. The van der Waals surface area contributed by atoms with Crippen molar-refractivity contribution in [2.45, 2.75) is 6.54 Å². The van der Waals surface area contributed by atoms with E-state index in [1.165, 1.54) is 0 Å². The molecule has 0 saturated carbocycles. The van der Waals surface area contributed by atoms with E-state index in [0.717, 1.165) is 18.8 Å². The average molecular weight is 205 g/mol. The van der Waals surface area contributed by atoms with Gasteiger partial charge in [-0.1, -0.05) is 0 Å². The minimum atomic E-state index is -0.556. The molecule has 3 N–H and O–H groups in total. The maximum Gasteiger partial charge on any atom is 0.284 e. The number of nitrogens with zero attached hydrogens (tertiary/aromatic N) is 3. The molecule has 1 aromatic rings. The molecule has 0 spiro atoms. The van der Waals surface area contributed by atoms with Crippen molar-refractivity contribution in [3.8, 4) is 6.07 Å². The van der Waals surface area contributed by atoms with Gasteiger partial charge in [-0.25, -0.2) is 4.98 Å². The lowest BCUT2D eigenvalue weighted by molar-refractivity contribution is 0.0990. The van der Waals surface area contributed by atoms with Gasteiger partial charge in [-0.15, -0.1) is 0 Å². The van der Waals surface area contributed by atoms with E-state index in [-0.39, 0.29) is 11.7 Å². The molecule has 78 valence electrons. The van der Waals surface area contributed by atoms with Gasteiger partial charge in [-0.05, 0) is 0 Å². The molecule has 1 aliphatic heterocycles. The van der Waals surface area contributed by atoms with Crippen LogP contribution in [0, 0.1) is 17.2 Å². The van der Waals surface area contributed by atoms with E-state index in [2.05, 4.69) is 20.9 Å². The summed E-state index contributed by atoms with van der Waals surface area (Å²) in [5.74, 6) is -0.231. The van der Waals surface area contributed by atoms with Gasteiger partial charge in [0.25, 0.3) is 5.91 Å². The zero-order valence-corrected chi connectivity index (χ0v) is 8.10. The third kappa shape index (κ3) is 1.97. The summed E-state index contributed by atoms with van der Waals surface area (Å²) in [6.45, 7) is 2.24. The van der Waals surface area contributed by atoms with Crippen LogP contribution < -0.4 is 5.73 Å². The van der Waals surface area contributed by atoms with Gasteiger partial charge in [-0.2, -0.15) is 5.26 Å². The molecular formula is C9H11N5O. The lowest BCUT2D eigenvalue weighted by Gasteiger charge is -2.34. The van der Waals surface area contributed by atoms with Gasteiger partial charge < -0.3 is 10.7 Å². The molecule has 15 heavy (non-hydrogen) atoms. The molecule has 1 saturated heterocycles. The van der Waals surface area contributed by atoms with Gasteiger partial charge in [0.15, 0.2) is 5.82 Å². The first-order valence-electron chi connectivity index (χ1n) is 4.64. The first kappa shape index (κ1) is 9.68. The summed E-state index contributed by atoms with van der Waals surface area (Å²) in [4.78, 5) is 19.5. The Labute approximate surface area is 86.7 Å². The Morgan fingerprint density at radius 1 is 1.80 bits per heavy atom. The smallest absolute Gasteiger partial charge is 0.284 e. The predicted molar refractivity (Wildman–Crippen MR) is 51.5 cm³/mol. The van der Waals surface area contributed by atoms with Gasteiger partial charge in [0.05, 0.1) is 18.2 Å². The Bertz CT molecular complexity index is 412. The highest BCUT2D eigenvalue weighted by Gasteiger charge is 2.26. The Morgan fingerprint density at radius 2 is 2.53 bits per heavy atom. The first-order chi connectivity index (χ1) is 7.19. The molecule has 0 bridgehead atoms. The number of H-pyrrole nitrogens is 1. The molecule has 0 radical (unpaired) electrons. The van der Waals surface area contributed by atoms with Crippen LogP contribution in [0.2, 0.25) is 0 Å². The number of carbonyl (C=O) groups is 1. The van der Waals surface area contributed by atoms with Crippen molar-refractivity contribution in [2.24, 2.45) is 11.7 Å². The van der Waals surface area contributed by atoms with E-state index >= 15 is 0 Å². The van der Waals surface area contributed by atoms with E-state index in [9.17, 15) is 4.79 Å². The summed E-state index contributed by atoms with van der Waals surface area (Å²) in [5.41, 5.74) is 5.91. The van der Waals surface area contributed by atoms with Crippen molar-refractivity contribution in [1.29, 1.82) is 5.26 Å². The minimum Gasteiger partial charge on any atom is -0.363 e. The third-order valence-electron chi connectivity index (χ3n) is 2.40. The van der Waals surface area contributed by atoms with Crippen LogP contribution >= 0.6 is 0 Å². The molecule has 0 aromatic carbocycles. The van der Waals surface area contributed by atoms with Crippen LogP contribution in [0.4, 0.5) is 0 Å². The molecule has 2 heterocycles. The summed E-state index contributed by atoms with van der Waals surface area (Å²) < 4.78 is 0. The number of carbonyl (C=O) groups excluding carboxylic acids is 1. The van der Waals surface area contributed by atoms with Gasteiger partial charge in [0, 0.05) is 25.3 Å². The van der Waals surface area contributed by atoms with E-state index in [1.807, 2.05) is 0 Å². The van der Waals surface area contributed by atoms with Crippen molar-refractivity contribution in [2.75, 3.05) is 13.1 Å². The van der Waals surface area contributed by atoms with Crippen LogP contribution in [-0.4, -0.2) is 33.9 Å². The molecule has 1 amide bonds. The molecule has 6 heteroatoms. The second kappa shape index (κ2) is 3.71. The second-order valence-corrected chi connectivity index (χ2v) is 3.64. The third-order valence-corrected chi connectivity index (χ3v) is 2.40. The van der Waals surface area contributed by atoms with E-state index in [4.69, 9.17) is 11.0 Å². The van der Waals surface area contributed by atoms with Crippen LogP contribution in [0.25, 0.3) is 0 Å². The average Bonchev–Trinajstić information content (AvgIpc) is 2.58. The van der Waals surface area contributed by atoms with Gasteiger partial charge in [0.2, 0.25) is 0 Å². The maximum absolute atomic E-state index is 10.8. The first-order valence-corrected chi connectivity index (χ1v) is 4.64. The van der Waals surface area contributed by atoms with Crippen LogP contribution in [-0.2, 0) is 6.54 Å². The van der Waals surface area contributed by atoms with Crippen LogP contribution in [0.3, 0.4) is 0 Å². The summed E-state index contributed by atoms with van der Waals surface area (Å²) >= 11 is 0. The molecule has 0 atom stereocenters. The van der Waals surface area contributed by atoms with Crippen molar-refractivity contribution >= 4 is 5.91 Å². The Hall–Kier alpha value is -1.87. The van der Waals surface area contributed by atoms with Crippen molar-refractivity contribution in [1.82, 2.24) is 14.9 Å². The summed E-state index contributed by atoms with van der Waals surface area (Å²) in [7, 11) is 0. The molecule has 1 aromatic heterocycles. The number of hydrogen-bond acceptors (Lipinski definition) is 4. The number of nitrogens with two attached hydrogens (primary N) is 1. The summed E-state index contributed by atoms with van der Waals surface area (Å²) in [6.07, 6.45) is 1.60. The highest BCUT2D eigenvalue weighted by Crippen LogP contribution is 2.16. The zero-order chi connectivity index (χ0) is 10.8. The largest absolute Gasteiger partial charge is 0.363 e. The fourth-order valence-electron chi connectivity index (χ4n) is 1.59. The standard InChI is InChI=1S/C9H11N5O/c10-1-6-3-14(4-6)5-7-2-12-9(13-7)8(11)15/h2,6H,3-5H2,(H2,11,15)(H,12,13). The Kier molecular flexibility index (Phi) is 2.39. The van der Waals surface area contributed by atoms with Gasteiger partial charge in [0.1, 0.15) is 0 Å². The highest BCUT2D eigenvalue weighted by molar-refractivity contribution is 5.88. The lowest BCUT2D eigenvalue weighted by atomic mass is 10.0. The zero-order valence-electron chi connectivity index (χ0n) is 8.10. The molecule has 1 aliphatic rings. The van der Waals surface area contributed by atoms with E-state index in [1.54, 1.807) is 6.20 Å². The van der Waals surface area contributed by atoms with Crippen LogP contribution in [0.1, 0.15) is 16.3 Å². The second-order valence-electron chi connectivity index (χ2n) is 3.64. The minimum absolute atomic E-state index is 0.142. The van der Waals surface area contributed by atoms with Crippen molar-refractivity contribution in [3.63, 3.8) is 0 Å². The molecular weight excluding hydrogens is 194 g/mol. The molecule has 0 aliphatic carbocycles. The van der Waals surface area contributed by atoms with Crippen LogP contribution in [0.5, 0.6) is 0 Å². The van der Waals surface area contributed by atoms with E-state index < -0.39 is 5.91 Å². The lowest BCUT2D eigenvalue weighted by Crippen LogP contribution is -2.45. The predicted octanol–water partition coefficient (Wildman–Crippen LogP) is -0.536. The fraction of sp³-hybridized carbons (Fsp3) is 0.444. The Morgan fingerprint density at radius 3 is 3.07 bits per heavy atom. The van der Waals surface area contributed by atoms with Crippen molar-refractivity contribution < 1.29 is 4.79 Å². The Balaban J connectivity index is 1.90. The number of aromatic nitrogens is 2.